The highest BCUT2D eigenvalue weighted by molar-refractivity contribution is 7.93. The van der Waals surface area contributed by atoms with E-state index in [4.69, 9.17) is 14.6 Å². The molecule has 19 heteroatoms. The van der Waals surface area contributed by atoms with Gasteiger partial charge < -0.3 is 25.2 Å². The first-order chi connectivity index (χ1) is 21.5. The zero-order valence-corrected chi connectivity index (χ0v) is 24.9. The van der Waals surface area contributed by atoms with E-state index in [9.17, 15) is 39.6 Å². The minimum absolute atomic E-state index is 0.0140. The van der Waals surface area contributed by atoms with Crippen LogP contribution in [-0.2, 0) is 30.8 Å². The van der Waals surface area contributed by atoms with E-state index >= 15 is 0 Å². The normalized spacial score (nSPS) is 14.2. The first-order valence-electron chi connectivity index (χ1n) is 13.5. The van der Waals surface area contributed by atoms with Gasteiger partial charge in [0.15, 0.2) is 11.6 Å². The van der Waals surface area contributed by atoms with E-state index in [1.54, 1.807) is 42.5 Å². The molecule has 0 amide bonds. The average Bonchev–Trinajstić information content (AvgIpc) is 2.99. The molecule has 1 aliphatic heterocycles. The second kappa shape index (κ2) is 15.3. The van der Waals surface area contributed by atoms with Crippen molar-refractivity contribution in [2.45, 2.75) is 43.3 Å². The summed E-state index contributed by atoms with van der Waals surface area (Å²) in [5, 5.41) is 12.8. The molecule has 1 aliphatic rings. The van der Waals surface area contributed by atoms with Crippen molar-refractivity contribution in [1.82, 2.24) is 15.3 Å². The van der Waals surface area contributed by atoms with Crippen molar-refractivity contribution in [1.29, 1.82) is 0 Å². The fourth-order valence-corrected chi connectivity index (χ4v) is 5.57. The van der Waals surface area contributed by atoms with Gasteiger partial charge in [-0.2, -0.15) is 26.3 Å². The standard InChI is InChI=1S/C25H28F3N5O5S.C2HF3O2/c1-37-17-9-8-16(5-4-14-38-24(34)25(26,27)28)21(15-17)32-22-23(31-20-7-3-2-6-19(20)30-22)33-39(35,36)18-10-12-29-13-11-18;3-2(4,5)1(6)7/h2-3,6-9,15,18,29H,4-5,10-14H2,1H3,(H,30,32)(H,31,33);(H,6,7). The van der Waals surface area contributed by atoms with E-state index in [0.29, 0.717) is 54.0 Å². The van der Waals surface area contributed by atoms with Crippen molar-refractivity contribution in [3.05, 3.63) is 48.0 Å². The lowest BCUT2D eigenvalue weighted by atomic mass is 10.1. The number of nitrogens with one attached hydrogen (secondary N) is 3. The molecule has 0 atom stereocenters. The summed E-state index contributed by atoms with van der Waals surface area (Å²) >= 11 is 0. The van der Waals surface area contributed by atoms with Crippen LogP contribution in [0.5, 0.6) is 5.75 Å². The number of benzene rings is 2. The Labute approximate surface area is 258 Å². The van der Waals surface area contributed by atoms with Crippen LogP contribution < -0.4 is 20.1 Å². The lowest BCUT2D eigenvalue weighted by Crippen LogP contribution is -2.38. The number of alkyl halides is 6. The number of hydrogen-bond acceptors (Lipinski definition) is 10. The van der Waals surface area contributed by atoms with Gasteiger partial charge in [0.25, 0.3) is 0 Å². The zero-order valence-electron chi connectivity index (χ0n) is 24.0. The number of carboxylic acids is 1. The lowest BCUT2D eigenvalue weighted by molar-refractivity contribution is -0.199. The molecule has 3 aromatic rings. The number of aromatic nitrogens is 2. The van der Waals surface area contributed by atoms with E-state index in [2.05, 4.69) is 30.1 Å². The van der Waals surface area contributed by atoms with Crippen LogP contribution in [0.25, 0.3) is 11.0 Å². The number of aliphatic carboxylic acids is 1. The lowest BCUT2D eigenvalue weighted by Gasteiger charge is -2.24. The second-order valence-corrected chi connectivity index (χ2v) is 11.7. The minimum atomic E-state index is -5.08. The van der Waals surface area contributed by atoms with Crippen LogP contribution in [0.1, 0.15) is 24.8 Å². The maximum absolute atomic E-state index is 13.2. The number of piperidine rings is 1. The van der Waals surface area contributed by atoms with Crippen LogP contribution >= 0.6 is 0 Å². The summed E-state index contributed by atoms with van der Waals surface area (Å²) in [5.74, 6) is -4.36. The quantitative estimate of drug-likeness (QED) is 0.135. The van der Waals surface area contributed by atoms with Crippen molar-refractivity contribution in [3.8, 4) is 5.75 Å². The molecule has 2 heterocycles. The first kappa shape index (κ1) is 36.1. The number of ether oxygens (including phenoxy) is 2. The van der Waals surface area contributed by atoms with Gasteiger partial charge >= 0.3 is 24.3 Å². The molecule has 0 radical (unpaired) electrons. The van der Waals surface area contributed by atoms with Gasteiger partial charge in [0.1, 0.15) is 5.75 Å². The number of aryl methyl sites for hydroxylation is 1. The SMILES string of the molecule is COc1ccc(CCCOC(=O)C(F)(F)F)c(Nc2nc3ccccc3nc2NS(=O)(=O)C2CCNCC2)c1.O=C(O)C(F)(F)F. The third-order valence-corrected chi connectivity index (χ3v) is 8.23. The van der Waals surface area contributed by atoms with Gasteiger partial charge in [-0.1, -0.05) is 18.2 Å². The Morgan fingerprint density at radius 2 is 1.57 bits per heavy atom. The second-order valence-electron chi connectivity index (χ2n) is 9.69. The molecule has 1 fully saturated rings. The molecule has 2 aromatic carbocycles. The fourth-order valence-electron chi connectivity index (χ4n) is 4.14. The van der Waals surface area contributed by atoms with Gasteiger partial charge in [-0.05, 0) is 62.5 Å². The number of hydrogen-bond donors (Lipinski definition) is 4. The summed E-state index contributed by atoms with van der Waals surface area (Å²) in [6, 6.07) is 12.0. The van der Waals surface area contributed by atoms with E-state index in [-0.39, 0.29) is 24.5 Å². The molecule has 12 nitrogen and oxygen atoms in total. The van der Waals surface area contributed by atoms with Crippen molar-refractivity contribution in [3.63, 3.8) is 0 Å². The highest BCUT2D eigenvalue weighted by Crippen LogP contribution is 2.31. The maximum atomic E-state index is 13.2. The Hall–Kier alpha value is -4.39. The summed E-state index contributed by atoms with van der Waals surface area (Å²) < 4.78 is 108. The Morgan fingerprint density at radius 1 is 0.978 bits per heavy atom. The van der Waals surface area contributed by atoms with Crippen LogP contribution in [0, 0.1) is 0 Å². The number of para-hydroxylation sites is 2. The van der Waals surface area contributed by atoms with Crippen molar-refractivity contribution < 1.29 is 58.9 Å². The van der Waals surface area contributed by atoms with Gasteiger partial charge in [-0.25, -0.2) is 28.0 Å². The van der Waals surface area contributed by atoms with E-state index < -0.39 is 46.2 Å². The van der Waals surface area contributed by atoms with E-state index in [1.807, 2.05) is 0 Å². The number of esters is 1. The topological polar surface area (TPSA) is 169 Å². The number of rotatable bonds is 10. The van der Waals surface area contributed by atoms with Gasteiger partial charge in [0, 0.05) is 11.8 Å². The smallest absolute Gasteiger partial charge is 0.490 e. The molecule has 1 aromatic heterocycles. The van der Waals surface area contributed by atoms with Crippen molar-refractivity contribution >= 4 is 50.3 Å². The minimum Gasteiger partial charge on any atom is -0.497 e. The molecular weight excluding hydrogens is 652 g/mol. The van der Waals surface area contributed by atoms with Crippen LogP contribution in [0.3, 0.4) is 0 Å². The fraction of sp³-hybridized carbons (Fsp3) is 0.407. The predicted molar refractivity (Wildman–Crippen MR) is 153 cm³/mol. The number of anilines is 3. The highest BCUT2D eigenvalue weighted by Gasteiger charge is 2.41. The van der Waals surface area contributed by atoms with Crippen LogP contribution in [0.2, 0.25) is 0 Å². The molecule has 46 heavy (non-hydrogen) atoms. The summed E-state index contributed by atoms with van der Waals surface area (Å²) in [6.45, 7) is 0.748. The molecule has 0 saturated carbocycles. The number of sulfonamides is 1. The number of carbonyl (C=O) groups excluding carboxylic acids is 1. The number of methoxy groups -OCH3 is 1. The molecular formula is C27H29F6N5O7S. The number of carboxylic acid groups (broad SMARTS) is 1. The number of carbonyl (C=O) groups is 2. The Balaban J connectivity index is 0.000000738. The third kappa shape index (κ3) is 10.3. The van der Waals surface area contributed by atoms with E-state index in [1.165, 1.54) is 7.11 Å². The van der Waals surface area contributed by atoms with Gasteiger partial charge in [-0.3, -0.25) is 4.72 Å². The largest absolute Gasteiger partial charge is 0.497 e. The molecule has 0 unspecified atom stereocenters. The van der Waals surface area contributed by atoms with Crippen molar-refractivity contribution in [2.24, 2.45) is 0 Å². The molecule has 4 rings (SSSR count). The van der Waals surface area contributed by atoms with Crippen LogP contribution in [0.15, 0.2) is 42.5 Å². The number of fused-ring (bicyclic) bond motifs is 1. The highest BCUT2D eigenvalue weighted by atomic mass is 32.2. The third-order valence-electron chi connectivity index (χ3n) is 6.40. The molecule has 4 N–H and O–H groups in total. The first-order valence-corrected chi connectivity index (χ1v) is 15.0. The summed E-state index contributed by atoms with van der Waals surface area (Å²) in [4.78, 5) is 29.0. The Morgan fingerprint density at radius 3 is 2.11 bits per heavy atom. The molecule has 1 saturated heterocycles. The maximum Gasteiger partial charge on any atom is 0.490 e. The van der Waals surface area contributed by atoms with E-state index in [0.717, 1.165) is 0 Å². The molecule has 0 bridgehead atoms. The monoisotopic (exact) mass is 681 g/mol. The van der Waals surface area contributed by atoms with Crippen LogP contribution in [-0.4, -0.2) is 79.8 Å². The summed E-state index contributed by atoms with van der Waals surface area (Å²) in [5.41, 5.74) is 2.14. The predicted octanol–water partition coefficient (Wildman–Crippen LogP) is 4.55. The van der Waals surface area contributed by atoms with Gasteiger partial charge in [-0.15, -0.1) is 0 Å². The number of nitrogens with zero attached hydrogens (tertiary/aromatic N) is 2. The molecule has 252 valence electrons. The Bertz CT molecular complexity index is 1630. The average molecular weight is 682 g/mol. The van der Waals surface area contributed by atoms with Gasteiger partial charge in [0.2, 0.25) is 10.0 Å². The Kier molecular flexibility index (Phi) is 12.0. The van der Waals surface area contributed by atoms with Gasteiger partial charge in [0.05, 0.1) is 30.0 Å². The molecule has 0 aliphatic carbocycles. The zero-order chi connectivity index (χ0) is 34.1. The number of halogens is 6. The molecule has 0 spiro atoms. The summed E-state index contributed by atoms with van der Waals surface area (Å²) in [7, 11) is -2.30. The summed E-state index contributed by atoms with van der Waals surface area (Å²) in [6.07, 6.45) is -8.87. The van der Waals surface area contributed by atoms with Crippen LogP contribution in [0.4, 0.5) is 43.7 Å². The van der Waals surface area contributed by atoms with Crippen molar-refractivity contribution in [2.75, 3.05) is 36.8 Å².